The van der Waals surface area contributed by atoms with E-state index in [1.807, 2.05) is 13.8 Å². The van der Waals surface area contributed by atoms with Crippen molar-refractivity contribution in [2.75, 3.05) is 0 Å². The molecule has 0 aromatic carbocycles. The molecule has 0 aliphatic carbocycles. The number of nitrogens with zero attached hydrogens (tertiary/aromatic N) is 2. The zero-order valence-corrected chi connectivity index (χ0v) is 11.7. The van der Waals surface area contributed by atoms with Gasteiger partial charge >= 0.3 is 5.82 Å². The molecule has 0 bridgehead atoms. The van der Waals surface area contributed by atoms with Gasteiger partial charge in [-0.25, -0.2) is 0 Å². The minimum Gasteiger partial charge on any atom is -0.358 e. The van der Waals surface area contributed by atoms with E-state index in [2.05, 4.69) is 26.2 Å². The number of pyridine rings is 1. The van der Waals surface area contributed by atoms with Gasteiger partial charge in [0.1, 0.15) is 0 Å². The lowest BCUT2D eigenvalue weighted by atomic mass is 10.1. The minimum absolute atomic E-state index is 0.0293. The maximum absolute atomic E-state index is 11.9. The lowest BCUT2D eigenvalue weighted by Crippen LogP contribution is -2.32. The van der Waals surface area contributed by atoms with Crippen molar-refractivity contribution >= 4 is 27.7 Å². The van der Waals surface area contributed by atoms with Crippen molar-refractivity contribution in [3.05, 3.63) is 32.4 Å². The van der Waals surface area contributed by atoms with Gasteiger partial charge in [-0.1, -0.05) is 13.3 Å². The van der Waals surface area contributed by atoms with E-state index >= 15 is 0 Å². The molecule has 0 saturated carbocycles. The molecule has 1 N–H and O–H groups in total. The molecule has 1 atom stereocenters. The Morgan fingerprint density at radius 3 is 2.89 bits per heavy atom. The lowest BCUT2D eigenvalue weighted by molar-refractivity contribution is -0.389. The van der Waals surface area contributed by atoms with Crippen molar-refractivity contribution < 1.29 is 9.72 Å². The first kappa shape index (κ1) is 14.6. The number of hydrogen-bond donors (Lipinski definition) is 1. The average Bonchev–Trinajstić information content (AvgIpc) is 2.29. The monoisotopic (exact) mass is 315 g/mol. The number of halogens is 1. The van der Waals surface area contributed by atoms with Crippen LogP contribution in [0.1, 0.15) is 37.0 Å². The fourth-order valence-corrected chi connectivity index (χ4v) is 1.91. The fraction of sp³-hybridized carbons (Fsp3) is 0.455. The third-order valence-corrected chi connectivity index (χ3v) is 3.00. The van der Waals surface area contributed by atoms with E-state index in [0.29, 0.717) is 4.47 Å². The van der Waals surface area contributed by atoms with Gasteiger partial charge in [0.25, 0.3) is 5.91 Å². The van der Waals surface area contributed by atoms with Crippen LogP contribution in [0.4, 0.5) is 5.82 Å². The second-order valence-corrected chi connectivity index (χ2v) is 4.80. The summed E-state index contributed by atoms with van der Waals surface area (Å²) in [7, 11) is 0. The molecule has 0 radical (unpaired) electrons. The second-order valence-electron chi connectivity index (χ2n) is 3.94. The molecule has 1 heterocycles. The Bertz CT molecular complexity index is 465. The molecular weight excluding hydrogens is 302 g/mol. The van der Waals surface area contributed by atoms with Crippen LogP contribution in [0, 0.1) is 10.1 Å². The Balaban J connectivity index is 2.91. The van der Waals surface area contributed by atoms with Gasteiger partial charge in [-0.2, -0.15) is 0 Å². The highest BCUT2D eigenvalue weighted by atomic mass is 79.9. The van der Waals surface area contributed by atoms with Crippen LogP contribution in [0.5, 0.6) is 0 Å². The summed E-state index contributed by atoms with van der Waals surface area (Å²) >= 11 is 3.16. The molecule has 98 valence electrons. The van der Waals surface area contributed by atoms with Gasteiger partial charge in [-0.3, -0.25) is 4.79 Å². The number of nitro groups is 1. The second kappa shape index (κ2) is 6.44. The normalized spacial score (nSPS) is 11.9. The van der Waals surface area contributed by atoms with Gasteiger partial charge in [0, 0.05) is 12.1 Å². The van der Waals surface area contributed by atoms with E-state index < -0.39 is 4.92 Å². The zero-order valence-electron chi connectivity index (χ0n) is 10.1. The van der Waals surface area contributed by atoms with Crippen molar-refractivity contribution in [3.8, 4) is 0 Å². The number of carbonyl (C=O) groups is 1. The Labute approximate surface area is 113 Å². The van der Waals surface area contributed by atoms with Gasteiger partial charge in [-0.05, 0) is 39.2 Å². The molecule has 0 saturated heterocycles. The van der Waals surface area contributed by atoms with E-state index in [1.54, 1.807) is 0 Å². The summed E-state index contributed by atoms with van der Waals surface area (Å²) in [6, 6.07) is 1.19. The lowest BCUT2D eigenvalue weighted by Gasteiger charge is -2.12. The SMILES string of the molecule is CCCC(C)NC(=O)c1cc([N+](=O)[O-])ncc1Br. The highest BCUT2D eigenvalue weighted by molar-refractivity contribution is 9.10. The molecule has 1 rings (SSSR count). The number of amides is 1. The van der Waals surface area contributed by atoms with Gasteiger partial charge in [0.05, 0.1) is 10.0 Å². The summed E-state index contributed by atoms with van der Waals surface area (Å²) in [6.07, 6.45) is 3.08. The summed E-state index contributed by atoms with van der Waals surface area (Å²) in [5, 5.41) is 13.4. The zero-order chi connectivity index (χ0) is 13.7. The molecule has 1 unspecified atom stereocenters. The molecule has 18 heavy (non-hydrogen) atoms. The Hall–Kier alpha value is -1.50. The molecule has 1 amide bonds. The summed E-state index contributed by atoms with van der Waals surface area (Å²) in [5.41, 5.74) is 0.222. The van der Waals surface area contributed by atoms with Crippen LogP contribution in [0.15, 0.2) is 16.7 Å². The Morgan fingerprint density at radius 2 is 2.33 bits per heavy atom. The molecule has 0 aliphatic rings. The van der Waals surface area contributed by atoms with E-state index in [-0.39, 0.29) is 23.3 Å². The summed E-state index contributed by atoms with van der Waals surface area (Å²) in [6.45, 7) is 3.92. The van der Waals surface area contributed by atoms with Crippen LogP contribution in [0.25, 0.3) is 0 Å². The molecule has 0 spiro atoms. The summed E-state index contributed by atoms with van der Waals surface area (Å²) in [5.74, 6) is -0.681. The largest absolute Gasteiger partial charge is 0.364 e. The van der Waals surface area contributed by atoms with Crippen LogP contribution in [0.2, 0.25) is 0 Å². The van der Waals surface area contributed by atoms with Gasteiger partial charge in [-0.15, -0.1) is 0 Å². The topological polar surface area (TPSA) is 85.1 Å². The molecule has 1 aromatic rings. The highest BCUT2D eigenvalue weighted by Crippen LogP contribution is 2.20. The average molecular weight is 316 g/mol. The van der Waals surface area contributed by atoms with Crippen molar-refractivity contribution in [3.63, 3.8) is 0 Å². The van der Waals surface area contributed by atoms with Gasteiger partial charge < -0.3 is 15.4 Å². The number of hydrogen-bond acceptors (Lipinski definition) is 4. The maximum atomic E-state index is 11.9. The van der Waals surface area contributed by atoms with Crippen LogP contribution >= 0.6 is 15.9 Å². The molecular formula is C11H14BrN3O3. The fourth-order valence-electron chi connectivity index (χ4n) is 1.51. The van der Waals surface area contributed by atoms with Crippen molar-refractivity contribution in [1.82, 2.24) is 10.3 Å². The quantitative estimate of drug-likeness (QED) is 0.668. The Kier molecular flexibility index (Phi) is 5.21. The predicted molar refractivity (Wildman–Crippen MR) is 70.4 cm³/mol. The van der Waals surface area contributed by atoms with Crippen LogP contribution in [-0.4, -0.2) is 21.9 Å². The molecule has 0 fully saturated rings. The van der Waals surface area contributed by atoms with E-state index in [0.717, 1.165) is 18.9 Å². The first-order valence-electron chi connectivity index (χ1n) is 5.56. The molecule has 7 heteroatoms. The smallest absolute Gasteiger partial charge is 0.358 e. The number of aromatic nitrogens is 1. The van der Waals surface area contributed by atoms with E-state index in [9.17, 15) is 14.9 Å². The first-order chi connectivity index (χ1) is 8.45. The third kappa shape index (κ3) is 3.76. The first-order valence-corrected chi connectivity index (χ1v) is 6.35. The summed E-state index contributed by atoms with van der Waals surface area (Å²) in [4.78, 5) is 25.5. The molecule has 1 aromatic heterocycles. The van der Waals surface area contributed by atoms with E-state index in [1.165, 1.54) is 6.20 Å². The highest BCUT2D eigenvalue weighted by Gasteiger charge is 2.18. The molecule has 0 aliphatic heterocycles. The number of rotatable bonds is 5. The number of carbonyl (C=O) groups excluding carboxylic acids is 1. The minimum atomic E-state index is -0.626. The van der Waals surface area contributed by atoms with Crippen molar-refractivity contribution in [2.24, 2.45) is 0 Å². The van der Waals surface area contributed by atoms with Gasteiger partial charge in [0.15, 0.2) is 6.20 Å². The van der Waals surface area contributed by atoms with Crippen LogP contribution < -0.4 is 5.32 Å². The number of nitrogens with one attached hydrogen (secondary N) is 1. The molecule has 6 nitrogen and oxygen atoms in total. The van der Waals surface area contributed by atoms with Crippen LogP contribution in [-0.2, 0) is 0 Å². The van der Waals surface area contributed by atoms with Crippen LogP contribution in [0.3, 0.4) is 0 Å². The summed E-state index contributed by atoms with van der Waals surface area (Å²) < 4.78 is 0.439. The third-order valence-electron chi connectivity index (χ3n) is 2.37. The van der Waals surface area contributed by atoms with Gasteiger partial charge in [0.2, 0.25) is 0 Å². The predicted octanol–water partition coefficient (Wildman–Crippen LogP) is 2.67. The van der Waals surface area contributed by atoms with Crippen molar-refractivity contribution in [2.45, 2.75) is 32.7 Å². The van der Waals surface area contributed by atoms with E-state index in [4.69, 9.17) is 0 Å². The Morgan fingerprint density at radius 1 is 1.67 bits per heavy atom. The maximum Gasteiger partial charge on any atom is 0.364 e. The van der Waals surface area contributed by atoms with Crippen molar-refractivity contribution in [1.29, 1.82) is 0 Å². The standard InChI is InChI=1S/C11H14BrN3O3/c1-3-4-7(2)14-11(16)8-5-10(15(17)18)13-6-9(8)12/h5-7H,3-4H2,1-2H3,(H,14,16).